The van der Waals surface area contributed by atoms with Gasteiger partial charge >= 0.3 is 39.5 Å². The maximum Gasteiger partial charge on any atom is 0.472 e. The SMILES string of the molecule is CCCCCCCCCCCCCCCCCCCCCCCCC(=O)O[C@H](COC(=O)CCCCCCCCCCCCCCCCCCCCCC)COP(=O)(O)OC[C@@H](O)COP(=O)(O)OC[C@@H](COC(=O)CCCCCCCCCCCCCCC)OC(=O)CCCCCCCCCCCCCCCCC(C)CC. The number of carbonyl (C=O) groups is 4. The third-order valence-corrected chi connectivity index (χ3v) is 24.5. The molecule has 3 unspecified atom stereocenters. The Balaban J connectivity index is 5.25. The van der Waals surface area contributed by atoms with Crippen LogP contribution in [0.2, 0.25) is 0 Å². The minimum atomic E-state index is -4.97. The van der Waals surface area contributed by atoms with Crippen LogP contribution in [0.1, 0.15) is 516 Å². The molecule has 0 amide bonds. The fourth-order valence-electron chi connectivity index (χ4n) is 14.9. The van der Waals surface area contributed by atoms with Gasteiger partial charge in [0, 0.05) is 25.7 Å². The standard InChI is InChI=1S/C94H184O17P2/c1-6-10-13-16-19-22-25-28-30-32-34-36-37-39-41-43-49-54-59-64-69-74-79-93(98)110-90(84-105-92(97)78-73-68-63-58-53-48-42-40-38-35-33-31-29-26-23-20-17-14-11-7-2)86-109-113(102,103)107-82-88(95)81-106-112(100,101)108-85-89(83-104-91(96)77-72-67-62-57-52-46-27-24-21-18-15-12-8-3)111-94(99)80-75-70-65-60-55-50-45-44-47-51-56-61-66-71-76-87(5)9-4/h87-90,95H,6-86H2,1-5H3,(H,100,101)(H,102,103)/t87?,88-,89+,90+/m0/s1. The summed E-state index contributed by atoms with van der Waals surface area (Å²) in [4.78, 5) is 73.5. The van der Waals surface area contributed by atoms with E-state index in [-0.39, 0.29) is 25.7 Å². The molecular weight excluding hydrogens is 1460 g/mol. The summed E-state index contributed by atoms with van der Waals surface area (Å²) >= 11 is 0. The van der Waals surface area contributed by atoms with Gasteiger partial charge < -0.3 is 33.8 Å². The van der Waals surface area contributed by atoms with Crippen molar-refractivity contribution in [2.45, 2.75) is 534 Å². The number of esters is 4. The van der Waals surface area contributed by atoms with Crippen molar-refractivity contribution >= 4 is 39.5 Å². The minimum absolute atomic E-state index is 0.109. The van der Waals surface area contributed by atoms with Gasteiger partial charge in [0.05, 0.1) is 26.4 Å². The van der Waals surface area contributed by atoms with Gasteiger partial charge in [-0.1, -0.05) is 465 Å². The van der Waals surface area contributed by atoms with E-state index in [2.05, 4.69) is 34.6 Å². The van der Waals surface area contributed by atoms with Crippen LogP contribution >= 0.6 is 15.6 Å². The van der Waals surface area contributed by atoms with Gasteiger partial charge in [0.2, 0.25) is 0 Å². The highest BCUT2D eigenvalue weighted by Crippen LogP contribution is 2.45. The molecule has 0 radical (unpaired) electrons. The Labute approximate surface area is 696 Å². The van der Waals surface area contributed by atoms with Crippen molar-refractivity contribution in [3.05, 3.63) is 0 Å². The average Bonchev–Trinajstić information content (AvgIpc) is 0.891. The molecule has 0 spiro atoms. The van der Waals surface area contributed by atoms with E-state index in [0.29, 0.717) is 25.7 Å². The lowest BCUT2D eigenvalue weighted by atomic mass is 9.99. The van der Waals surface area contributed by atoms with Crippen molar-refractivity contribution in [1.29, 1.82) is 0 Å². The lowest BCUT2D eigenvalue weighted by Crippen LogP contribution is -2.30. The molecule has 0 saturated heterocycles. The molecule has 0 saturated carbocycles. The van der Waals surface area contributed by atoms with Crippen molar-refractivity contribution < 1.29 is 80.2 Å². The molecule has 0 aliphatic heterocycles. The van der Waals surface area contributed by atoms with Crippen LogP contribution in [0, 0.1) is 5.92 Å². The number of phosphoric ester groups is 2. The van der Waals surface area contributed by atoms with E-state index < -0.39 is 97.5 Å². The van der Waals surface area contributed by atoms with Crippen LogP contribution < -0.4 is 0 Å². The van der Waals surface area contributed by atoms with Gasteiger partial charge in [-0.25, -0.2) is 9.13 Å². The van der Waals surface area contributed by atoms with Crippen molar-refractivity contribution in [2.75, 3.05) is 39.6 Å². The summed E-state index contributed by atoms with van der Waals surface area (Å²) < 4.78 is 69.2. The highest BCUT2D eigenvalue weighted by molar-refractivity contribution is 7.47. The Morgan fingerprint density at radius 1 is 0.248 bits per heavy atom. The Morgan fingerprint density at radius 3 is 0.628 bits per heavy atom. The lowest BCUT2D eigenvalue weighted by Gasteiger charge is -2.21. The largest absolute Gasteiger partial charge is 0.472 e. The van der Waals surface area contributed by atoms with E-state index in [1.165, 1.54) is 340 Å². The number of rotatable bonds is 94. The summed E-state index contributed by atoms with van der Waals surface area (Å²) in [5.74, 6) is -1.24. The lowest BCUT2D eigenvalue weighted by molar-refractivity contribution is -0.161. The molecule has 19 heteroatoms. The Morgan fingerprint density at radius 2 is 0.425 bits per heavy atom. The zero-order chi connectivity index (χ0) is 82.6. The number of aliphatic hydroxyl groups is 1. The second-order valence-corrected chi connectivity index (χ2v) is 36.9. The highest BCUT2D eigenvalue weighted by Gasteiger charge is 2.31. The molecule has 0 rings (SSSR count). The fourth-order valence-corrected chi connectivity index (χ4v) is 16.4. The molecule has 0 aromatic heterocycles. The Bertz CT molecular complexity index is 2140. The monoisotopic (exact) mass is 1650 g/mol. The molecule has 3 N–H and O–H groups in total. The number of ether oxygens (including phenoxy) is 4. The fraction of sp³-hybridized carbons (Fsp3) is 0.957. The number of unbranched alkanes of at least 4 members (excludes halogenated alkanes) is 65. The van der Waals surface area contributed by atoms with Crippen LogP contribution in [0.25, 0.3) is 0 Å². The average molecular weight is 1650 g/mol. The summed E-state index contributed by atoms with van der Waals surface area (Å²) in [5, 5.41) is 10.7. The van der Waals surface area contributed by atoms with Crippen LogP contribution in [0.3, 0.4) is 0 Å². The van der Waals surface area contributed by atoms with Crippen LogP contribution in [0.4, 0.5) is 0 Å². The molecule has 0 heterocycles. The molecule has 6 atom stereocenters. The van der Waals surface area contributed by atoms with Crippen LogP contribution in [0.5, 0.6) is 0 Å². The first-order valence-electron chi connectivity index (χ1n) is 48.7. The molecule has 0 fully saturated rings. The maximum atomic E-state index is 13.2. The topological polar surface area (TPSA) is 237 Å². The third-order valence-electron chi connectivity index (χ3n) is 22.6. The normalized spacial score (nSPS) is 13.9. The zero-order valence-corrected chi connectivity index (χ0v) is 76.3. The van der Waals surface area contributed by atoms with E-state index in [1.54, 1.807) is 0 Å². The predicted molar refractivity (Wildman–Crippen MR) is 469 cm³/mol. The van der Waals surface area contributed by atoms with Crippen molar-refractivity contribution in [1.82, 2.24) is 0 Å². The Hall–Kier alpha value is -1.94. The summed E-state index contributed by atoms with van der Waals surface area (Å²) in [6.45, 7) is 7.47. The van der Waals surface area contributed by atoms with Crippen molar-refractivity contribution in [3.8, 4) is 0 Å². The molecule has 0 aromatic carbocycles. The quantitative estimate of drug-likeness (QED) is 0.0222. The minimum Gasteiger partial charge on any atom is -0.462 e. The van der Waals surface area contributed by atoms with Crippen LogP contribution in [-0.2, 0) is 65.4 Å². The maximum absolute atomic E-state index is 13.2. The zero-order valence-electron chi connectivity index (χ0n) is 74.5. The van der Waals surface area contributed by atoms with Crippen molar-refractivity contribution in [3.63, 3.8) is 0 Å². The van der Waals surface area contributed by atoms with E-state index in [4.69, 9.17) is 37.0 Å². The van der Waals surface area contributed by atoms with Gasteiger partial charge in [0.25, 0.3) is 0 Å². The second-order valence-electron chi connectivity index (χ2n) is 34.0. The van der Waals surface area contributed by atoms with Gasteiger partial charge in [-0.3, -0.25) is 37.3 Å². The third kappa shape index (κ3) is 86.3. The second kappa shape index (κ2) is 86.4. The van der Waals surface area contributed by atoms with Gasteiger partial charge in [0.15, 0.2) is 12.2 Å². The Kier molecular flexibility index (Phi) is 85.0. The number of phosphoric acid groups is 2. The van der Waals surface area contributed by atoms with Crippen LogP contribution in [-0.4, -0.2) is 96.7 Å². The van der Waals surface area contributed by atoms with Crippen LogP contribution in [0.15, 0.2) is 0 Å². The summed E-state index contributed by atoms with van der Waals surface area (Å²) in [6.07, 6.45) is 83.4. The number of carbonyl (C=O) groups excluding carboxylic acids is 4. The summed E-state index contributed by atoms with van der Waals surface area (Å²) in [6, 6.07) is 0. The molecule has 0 aliphatic carbocycles. The first-order chi connectivity index (χ1) is 55.1. The summed E-state index contributed by atoms with van der Waals surface area (Å²) in [7, 11) is -9.94. The first kappa shape index (κ1) is 111. The molecule has 0 aromatic rings. The molecular formula is C94H184O17P2. The van der Waals surface area contributed by atoms with E-state index in [0.717, 1.165) is 95.8 Å². The number of hydrogen-bond acceptors (Lipinski definition) is 15. The predicted octanol–water partition coefficient (Wildman–Crippen LogP) is 29.5. The van der Waals surface area contributed by atoms with Gasteiger partial charge in [-0.05, 0) is 31.6 Å². The van der Waals surface area contributed by atoms with Crippen molar-refractivity contribution in [2.24, 2.45) is 5.92 Å². The van der Waals surface area contributed by atoms with E-state index in [9.17, 15) is 43.2 Å². The van der Waals surface area contributed by atoms with Gasteiger partial charge in [-0.15, -0.1) is 0 Å². The number of hydrogen-bond donors (Lipinski definition) is 3. The molecule has 17 nitrogen and oxygen atoms in total. The van der Waals surface area contributed by atoms with Gasteiger partial charge in [-0.2, -0.15) is 0 Å². The highest BCUT2D eigenvalue weighted by atomic mass is 31.2. The van der Waals surface area contributed by atoms with E-state index in [1.807, 2.05) is 0 Å². The molecule has 0 aliphatic rings. The smallest absolute Gasteiger partial charge is 0.462 e. The molecule has 672 valence electrons. The first-order valence-corrected chi connectivity index (χ1v) is 51.7. The van der Waals surface area contributed by atoms with E-state index >= 15 is 0 Å². The van der Waals surface area contributed by atoms with Gasteiger partial charge in [0.1, 0.15) is 19.3 Å². The summed E-state index contributed by atoms with van der Waals surface area (Å²) in [5.41, 5.74) is 0. The molecule has 0 bridgehead atoms. The molecule has 113 heavy (non-hydrogen) atoms. The number of aliphatic hydroxyl groups excluding tert-OH is 1.